The number of benzene rings is 3. The van der Waals surface area contributed by atoms with E-state index in [0.717, 1.165) is 32.1 Å². The number of halogens is 2. The van der Waals surface area contributed by atoms with Gasteiger partial charge in [0.05, 0.1) is 17.1 Å². The predicted molar refractivity (Wildman–Crippen MR) is 199 cm³/mol. The van der Waals surface area contributed by atoms with Crippen molar-refractivity contribution in [3.05, 3.63) is 86.4 Å². The van der Waals surface area contributed by atoms with E-state index in [-0.39, 0.29) is 57.5 Å². The number of likely N-dealkylation sites (N-methyl/N-ethyl adjacent to an activating group) is 1. The number of carbonyl (C=O) groups excluding carboxylic acids is 2. The molecule has 0 radical (unpaired) electrons. The van der Waals surface area contributed by atoms with Crippen LogP contribution in [-0.4, -0.2) is 53.7 Å². The molecule has 3 aromatic carbocycles. The number of aromatic carboxylic acids is 1. The summed E-state index contributed by atoms with van der Waals surface area (Å²) in [5.41, 5.74) is 1.91. The molecular formula is C40H48Cl2N2O7. The summed E-state index contributed by atoms with van der Waals surface area (Å²) in [6.07, 6.45) is 4.20. The molecule has 11 heteroatoms. The van der Waals surface area contributed by atoms with Crippen molar-refractivity contribution < 1.29 is 34.1 Å². The van der Waals surface area contributed by atoms with Crippen molar-refractivity contribution in [3.63, 3.8) is 0 Å². The number of carboxylic acids is 1. The second-order valence-corrected chi connectivity index (χ2v) is 15.8. The third-order valence-corrected chi connectivity index (χ3v) is 11.9. The van der Waals surface area contributed by atoms with Crippen LogP contribution >= 0.6 is 23.2 Å². The Morgan fingerprint density at radius 1 is 1.06 bits per heavy atom. The number of hydrogen-bond donors (Lipinski definition) is 3. The van der Waals surface area contributed by atoms with Crippen molar-refractivity contribution in [2.24, 2.45) is 16.7 Å². The molecular weight excluding hydrogens is 691 g/mol. The first kappa shape index (κ1) is 38.4. The molecule has 0 aliphatic heterocycles. The number of ether oxygens (including phenoxy) is 2. The normalized spacial score (nSPS) is 21.0. The van der Waals surface area contributed by atoms with Crippen molar-refractivity contribution in [1.82, 2.24) is 4.90 Å². The lowest BCUT2D eigenvalue weighted by molar-refractivity contribution is -0.150. The van der Waals surface area contributed by atoms with E-state index in [1.807, 2.05) is 6.92 Å². The highest BCUT2D eigenvalue weighted by atomic mass is 35.5. The Morgan fingerprint density at radius 2 is 1.78 bits per heavy atom. The Balaban J connectivity index is 1.61. The number of anilines is 1. The molecule has 5 rings (SSSR count). The molecule has 4 atom stereocenters. The van der Waals surface area contributed by atoms with E-state index in [2.05, 4.69) is 26.1 Å². The SMILES string of the molecule is CCCCC(OC(=O)CN(C)C)c1ccccc1C(=O)Oc1c(C(=O)O)ccc(NCc2cc(Cl)cc(Cl)c2O)c1C1CC2CCC1(C)C2(C)C. The number of phenols is 1. The van der Waals surface area contributed by atoms with Crippen molar-refractivity contribution in [2.45, 2.75) is 84.8 Å². The minimum Gasteiger partial charge on any atom is -0.506 e. The van der Waals surface area contributed by atoms with E-state index < -0.39 is 24.0 Å². The molecule has 3 aromatic rings. The smallest absolute Gasteiger partial charge is 0.343 e. The van der Waals surface area contributed by atoms with E-state index in [4.69, 9.17) is 32.7 Å². The summed E-state index contributed by atoms with van der Waals surface area (Å²) in [5, 5.41) is 25.1. The predicted octanol–water partition coefficient (Wildman–Crippen LogP) is 9.49. The van der Waals surface area contributed by atoms with Crippen molar-refractivity contribution in [3.8, 4) is 11.5 Å². The van der Waals surface area contributed by atoms with Gasteiger partial charge in [-0.2, -0.15) is 0 Å². The van der Waals surface area contributed by atoms with Gasteiger partial charge < -0.3 is 25.0 Å². The van der Waals surface area contributed by atoms with Gasteiger partial charge in [-0.05, 0) is 99.2 Å². The second-order valence-electron chi connectivity index (χ2n) is 15.0. The average Bonchev–Trinajstić information content (AvgIpc) is 3.41. The first-order valence-corrected chi connectivity index (χ1v) is 18.3. The average molecular weight is 740 g/mol. The van der Waals surface area contributed by atoms with Gasteiger partial charge >= 0.3 is 17.9 Å². The molecule has 2 bridgehead atoms. The van der Waals surface area contributed by atoms with Gasteiger partial charge in [0.25, 0.3) is 0 Å². The van der Waals surface area contributed by atoms with Gasteiger partial charge in [-0.1, -0.05) is 75.5 Å². The molecule has 3 N–H and O–H groups in total. The second kappa shape index (κ2) is 15.4. The quantitative estimate of drug-likeness (QED) is 0.110. The van der Waals surface area contributed by atoms with Gasteiger partial charge in [0.15, 0.2) is 5.75 Å². The summed E-state index contributed by atoms with van der Waals surface area (Å²) in [4.78, 5) is 41.7. The fourth-order valence-corrected chi connectivity index (χ4v) is 8.73. The third kappa shape index (κ3) is 7.71. The van der Waals surface area contributed by atoms with E-state index >= 15 is 0 Å². The number of esters is 2. The minimum absolute atomic E-state index is 0.0232. The molecule has 51 heavy (non-hydrogen) atoms. The van der Waals surface area contributed by atoms with E-state index in [0.29, 0.717) is 39.7 Å². The van der Waals surface area contributed by atoms with Crippen LogP contribution in [0.4, 0.5) is 5.69 Å². The number of nitrogens with zero attached hydrogens (tertiary/aromatic N) is 1. The first-order chi connectivity index (χ1) is 24.1. The van der Waals surface area contributed by atoms with Crippen LogP contribution < -0.4 is 10.1 Å². The zero-order valence-electron chi connectivity index (χ0n) is 30.1. The first-order valence-electron chi connectivity index (χ1n) is 17.5. The zero-order chi connectivity index (χ0) is 37.2. The maximum Gasteiger partial charge on any atom is 0.343 e. The minimum atomic E-state index is -1.23. The Bertz CT molecular complexity index is 1810. The summed E-state index contributed by atoms with van der Waals surface area (Å²) in [7, 11) is 3.55. The standard InChI is InChI=1S/C40H48Cl2N2O7/c1-7-8-13-32(50-33(45)22-44(5)6)26-11-9-10-12-27(26)38(49)51-36-28(37(47)48)14-15-31(43-21-23-18-25(41)20-30(42)35(23)46)34(36)29-19-24-16-17-40(29,4)39(24,2)3/h9-12,14-15,18,20,24,29,32,43,46H,7-8,13,16-17,19,21-22H2,1-6H3,(H,47,48). The van der Waals surface area contributed by atoms with Crippen LogP contribution in [0.1, 0.15) is 116 Å². The number of fused-ring (bicyclic) bond motifs is 2. The van der Waals surface area contributed by atoms with Gasteiger partial charge in [-0.3, -0.25) is 9.69 Å². The van der Waals surface area contributed by atoms with E-state index in [9.17, 15) is 24.6 Å². The highest BCUT2D eigenvalue weighted by molar-refractivity contribution is 6.35. The number of phenolic OH excluding ortho intramolecular Hbond substituents is 1. The van der Waals surface area contributed by atoms with Gasteiger partial charge in [0.2, 0.25) is 0 Å². The maximum atomic E-state index is 14.3. The molecule has 9 nitrogen and oxygen atoms in total. The lowest BCUT2D eigenvalue weighted by Crippen LogP contribution is -2.32. The van der Waals surface area contributed by atoms with Crippen LogP contribution in [0.25, 0.3) is 0 Å². The summed E-state index contributed by atoms with van der Waals surface area (Å²) in [6.45, 7) is 9.01. The van der Waals surface area contributed by atoms with Crippen LogP contribution in [0.2, 0.25) is 10.0 Å². The Morgan fingerprint density at radius 3 is 2.41 bits per heavy atom. The summed E-state index contributed by atoms with van der Waals surface area (Å²) >= 11 is 12.5. The van der Waals surface area contributed by atoms with Crippen LogP contribution in [-0.2, 0) is 16.1 Å². The molecule has 2 fully saturated rings. The topological polar surface area (TPSA) is 125 Å². The Kier molecular flexibility index (Phi) is 11.6. The van der Waals surface area contributed by atoms with E-state index in [1.165, 1.54) is 12.1 Å². The number of rotatable bonds is 14. The van der Waals surface area contributed by atoms with E-state index in [1.54, 1.807) is 55.4 Å². The molecule has 2 saturated carbocycles. The summed E-state index contributed by atoms with van der Waals surface area (Å²) < 4.78 is 12.2. The maximum absolute atomic E-state index is 14.3. The van der Waals surface area contributed by atoms with Gasteiger partial charge in [0, 0.05) is 33.9 Å². The molecule has 274 valence electrons. The monoisotopic (exact) mass is 738 g/mol. The molecule has 0 aromatic heterocycles. The molecule has 2 aliphatic carbocycles. The number of nitrogens with one attached hydrogen (secondary N) is 1. The van der Waals surface area contributed by atoms with Crippen molar-refractivity contribution >= 4 is 46.8 Å². The third-order valence-electron chi connectivity index (χ3n) is 11.4. The molecule has 4 unspecified atom stereocenters. The lowest BCUT2D eigenvalue weighted by Gasteiger charge is -2.40. The fourth-order valence-electron chi connectivity index (χ4n) is 8.20. The number of aromatic hydroxyl groups is 1. The highest BCUT2D eigenvalue weighted by Crippen LogP contribution is 2.72. The number of carbonyl (C=O) groups is 3. The molecule has 0 amide bonds. The largest absolute Gasteiger partial charge is 0.506 e. The zero-order valence-corrected chi connectivity index (χ0v) is 31.7. The highest BCUT2D eigenvalue weighted by Gasteiger charge is 2.62. The molecule has 0 spiro atoms. The van der Waals surface area contributed by atoms with Gasteiger partial charge in [-0.25, -0.2) is 9.59 Å². The van der Waals surface area contributed by atoms with Crippen LogP contribution in [0, 0.1) is 16.7 Å². The number of carboxylic acid groups (broad SMARTS) is 1. The Hall–Kier alpha value is -3.79. The van der Waals surface area contributed by atoms with Crippen LogP contribution in [0.15, 0.2) is 48.5 Å². The number of hydrogen-bond acceptors (Lipinski definition) is 8. The van der Waals surface area contributed by atoms with Crippen LogP contribution in [0.5, 0.6) is 11.5 Å². The summed E-state index contributed by atoms with van der Waals surface area (Å²) in [5.74, 6) is -2.29. The fraction of sp³-hybridized carbons (Fsp3) is 0.475. The molecule has 2 aliphatic rings. The van der Waals surface area contributed by atoms with Crippen molar-refractivity contribution in [1.29, 1.82) is 0 Å². The lowest BCUT2D eigenvalue weighted by atomic mass is 9.64. The Labute approximate surface area is 310 Å². The van der Waals surface area contributed by atoms with Gasteiger partial charge in [0.1, 0.15) is 17.4 Å². The van der Waals surface area contributed by atoms with Crippen LogP contribution in [0.3, 0.4) is 0 Å². The number of unbranched alkanes of at least 4 members (excludes halogenated alkanes) is 1. The molecule has 0 heterocycles. The molecule has 0 saturated heterocycles. The summed E-state index contributed by atoms with van der Waals surface area (Å²) in [6, 6.07) is 13.0. The van der Waals surface area contributed by atoms with Crippen molar-refractivity contribution in [2.75, 3.05) is 26.0 Å². The van der Waals surface area contributed by atoms with Gasteiger partial charge in [-0.15, -0.1) is 0 Å².